The molecule has 1 aromatic heterocycles. The maximum absolute atomic E-state index is 11.3. The lowest BCUT2D eigenvalue weighted by Crippen LogP contribution is -2.04. The van der Waals surface area contributed by atoms with Crippen molar-refractivity contribution in [3.63, 3.8) is 0 Å². The first-order valence-corrected chi connectivity index (χ1v) is 6.60. The number of nitrogens with zero attached hydrogens (tertiary/aromatic N) is 2. The number of hydrogen-bond acceptors (Lipinski definition) is 6. The van der Waals surface area contributed by atoms with Crippen LogP contribution in [0.2, 0.25) is 5.02 Å². The van der Waals surface area contributed by atoms with Gasteiger partial charge in [0.15, 0.2) is 0 Å². The molecule has 0 aliphatic rings. The number of benzene rings is 1. The minimum absolute atomic E-state index is 0.167. The molecule has 0 amide bonds. The summed E-state index contributed by atoms with van der Waals surface area (Å²) in [6.07, 6.45) is 1.13. The zero-order valence-corrected chi connectivity index (χ0v) is 12.3. The molecule has 0 unspecified atom stereocenters. The number of halogens is 1. The van der Waals surface area contributed by atoms with Gasteiger partial charge in [0.1, 0.15) is 12.0 Å². The number of anilines is 1. The number of rotatable bonds is 5. The fourth-order valence-corrected chi connectivity index (χ4v) is 1.95. The van der Waals surface area contributed by atoms with E-state index in [1.165, 1.54) is 13.2 Å². The summed E-state index contributed by atoms with van der Waals surface area (Å²) in [4.78, 5) is 25.3. The van der Waals surface area contributed by atoms with Crippen molar-refractivity contribution < 1.29 is 14.5 Å². The average molecular weight is 322 g/mol. The fourth-order valence-electron chi connectivity index (χ4n) is 1.72. The maximum atomic E-state index is 11.3. The van der Waals surface area contributed by atoms with Crippen LogP contribution in [0.5, 0.6) is 0 Å². The van der Waals surface area contributed by atoms with E-state index < -0.39 is 10.9 Å². The van der Waals surface area contributed by atoms with Crippen LogP contribution < -0.4 is 5.32 Å². The molecular weight excluding hydrogens is 310 g/mol. The number of aromatic nitrogens is 1. The lowest BCUT2D eigenvalue weighted by molar-refractivity contribution is -0.385. The molecular formula is C14H12ClN3O4. The van der Waals surface area contributed by atoms with Gasteiger partial charge < -0.3 is 10.1 Å². The van der Waals surface area contributed by atoms with Crippen LogP contribution in [0.3, 0.4) is 0 Å². The van der Waals surface area contributed by atoms with E-state index >= 15 is 0 Å². The van der Waals surface area contributed by atoms with Gasteiger partial charge in [0.25, 0.3) is 5.69 Å². The van der Waals surface area contributed by atoms with E-state index in [0.29, 0.717) is 17.9 Å². The van der Waals surface area contributed by atoms with E-state index in [2.05, 4.69) is 15.0 Å². The molecule has 0 saturated carbocycles. The Morgan fingerprint density at radius 1 is 1.41 bits per heavy atom. The summed E-state index contributed by atoms with van der Waals surface area (Å²) in [6, 6.07) is 8.05. The monoisotopic (exact) mass is 321 g/mol. The molecule has 0 spiro atoms. The van der Waals surface area contributed by atoms with Crippen molar-refractivity contribution in [2.75, 3.05) is 12.4 Å². The molecule has 0 saturated heterocycles. The summed E-state index contributed by atoms with van der Waals surface area (Å²) in [7, 11) is 1.32. The van der Waals surface area contributed by atoms with Crippen molar-refractivity contribution in [1.29, 1.82) is 0 Å². The van der Waals surface area contributed by atoms with Crippen molar-refractivity contribution in [2.24, 2.45) is 0 Å². The predicted molar refractivity (Wildman–Crippen MR) is 81.0 cm³/mol. The quantitative estimate of drug-likeness (QED) is 0.516. The number of esters is 1. The van der Waals surface area contributed by atoms with E-state index in [-0.39, 0.29) is 10.7 Å². The van der Waals surface area contributed by atoms with E-state index in [1.807, 2.05) is 0 Å². The Hall–Kier alpha value is -2.67. The number of carbonyl (C=O) groups excluding carboxylic acids is 1. The number of nitrogens with one attached hydrogen (secondary N) is 1. The Kier molecular flexibility index (Phi) is 4.90. The number of hydrogen-bond donors (Lipinski definition) is 1. The van der Waals surface area contributed by atoms with Crippen LogP contribution in [0, 0.1) is 10.1 Å². The summed E-state index contributed by atoms with van der Waals surface area (Å²) >= 11 is 5.93. The third-order valence-corrected chi connectivity index (χ3v) is 3.16. The summed E-state index contributed by atoms with van der Waals surface area (Å²) in [5, 5.41) is 13.7. The number of pyridine rings is 1. The SMILES string of the molecule is COC(=O)c1ccc(CNc2ncc([N+](=O)[O-])cc2Cl)cc1. The summed E-state index contributed by atoms with van der Waals surface area (Å²) < 4.78 is 4.61. The highest BCUT2D eigenvalue weighted by Gasteiger charge is 2.11. The second kappa shape index (κ2) is 6.86. The normalized spacial score (nSPS) is 10.1. The molecule has 1 N–H and O–H groups in total. The molecule has 1 aromatic carbocycles. The first-order chi connectivity index (χ1) is 10.5. The largest absolute Gasteiger partial charge is 0.465 e. The molecule has 7 nitrogen and oxygen atoms in total. The highest BCUT2D eigenvalue weighted by Crippen LogP contribution is 2.24. The number of carbonyl (C=O) groups is 1. The standard InChI is InChI=1S/C14H12ClN3O4/c1-22-14(19)10-4-2-9(3-5-10)7-16-13-12(15)6-11(8-17-13)18(20)21/h2-6,8H,7H2,1H3,(H,16,17). The molecule has 1 heterocycles. The van der Waals surface area contributed by atoms with E-state index in [0.717, 1.165) is 11.8 Å². The number of methoxy groups -OCH3 is 1. The summed E-state index contributed by atoms with van der Waals surface area (Å²) in [6.45, 7) is 0.409. The van der Waals surface area contributed by atoms with Crippen LogP contribution in [0.4, 0.5) is 11.5 Å². The summed E-state index contributed by atoms with van der Waals surface area (Å²) in [5.41, 5.74) is 1.18. The fraction of sp³-hybridized carbons (Fsp3) is 0.143. The van der Waals surface area contributed by atoms with Gasteiger partial charge in [-0.25, -0.2) is 9.78 Å². The third-order valence-electron chi connectivity index (χ3n) is 2.87. The van der Waals surface area contributed by atoms with Gasteiger partial charge >= 0.3 is 5.97 Å². The average Bonchev–Trinajstić information content (AvgIpc) is 2.53. The molecule has 0 aliphatic carbocycles. The smallest absolute Gasteiger partial charge is 0.337 e. The van der Waals surface area contributed by atoms with Gasteiger partial charge in [-0.2, -0.15) is 0 Å². The summed E-state index contributed by atoms with van der Waals surface area (Å²) in [5.74, 6) is -0.0519. The van der Waals surface area contributed by atoms with Crippen molar-refractivity contribution in [3.05, 3.63) is 62.8 Å². The van der Waals surface area contributed by atoms with Crippen LogP contribution >= 0.6 is 11.6 Å². The van der Waals surface area contributed by atoms with Crippen LogP contribution in [-0.4, -0.2) is 23.0 Å². The van der Waals surface area contributed by atoms with Crippen molar-refractivity contribution >= 4 is 29.1 Å². The maximum Gasteiger partial charge on any atom is 0.337 e. The molecule has 0 fully saturated rings. The predicted octanol–water partition coefficient (Wildman–Crippen LogP) is 3.04. The van der Waals surface area contributed by atoms with Gasteiger partial charge in [-0.15, -0.1) is 0 Å². The Morgan fingerprint density at radius 2 is 2.09 bits per heavy atom. The van der Waals surface area contributed by atoms with Crippen molar-refractivity contribution in [1.82, 2.24) is 4.98 Å². The topological polar surface area (TPSA) is 94.4 Å². The number of ether oxygens (including phenoxy) is 1. The van der Waals surface area contributed by atoms with Gasteiger partial charge in [0.05, 0.1) is 22.6 Å². The highest BCUT2D eigenvalue weighted by molar-refractivity contribution is 6.33. The number of nitro groups is 1. The van der Waals surface area contributed by atoms with Crippen LogP contribution in [0.15, 0.2) is 36.5 Å². The zero-order valence-electron chi connectivity index (χ0n) is 11.6. The Labute approximate surface area is 131 Å². The van der Waals surface area contributed by atoms with Gasteiger partial charge in [-0.3, -0.25) is 10.1 Å². The van der Waals surface area contributed by atoms with Gasteiger partial charge in [-0.05, 0) is 17.7 Å². The second-order valence-corrected chi connectivity index (χ2v) is 4.73. The van der Waals surface area contributed by atoms with Gasteiger partial charge in [0.2, 0.25) is 0 Å². The van der Waals surface area contributed by atoms with Crippen molar-refractivity contribution in [2.45, 2.75) is 6.54 Å². The lowest BCUT2D eigenvalue weighted by atomic mass is 10.1. The second-order valence-electron chi connectivity index (χ2n) is 4.32. The lowest BCUT2D eigenvalue weighted by Gasteiger charge is -2.07. The van der Waals surface area contributed by atoms with E-state index in [1.54, 1.807) is 24.3 Å². The minimum Gasteiger partial charge on any atom is -0.465 e. The highest BCUT2D eigenvalue weighted by atomic mass is 35.5. The first-order valence-electron chi connectivity index (χ1n) is 6.22. The molecule has 2 aromatic rings. The zero-order chi connectivity index (χ0) is 16.1. The molecule has 0 radical (unpaired) electrons. The van der Waals surface area contributed by atoms with Gasteiger partial charge in [0, 0.05) is 12.6 Å². The molecule has 0 aliphatic heterocycles. The van der Waals surface area contributed by atoms with E-state index in [4.69, 9.17) is 11.6 Å². The molecule has 0 atom stereocenters. The van der Waals surface area contributed by atoms with Crippen LogP contribution in [0.1, 0.15) is 15.9 Å². The first kappa shape index (κ1) is 15.7. The van der Waals surface area contributed by atoms with Crippen molar-refractivity contribution in [3.8, 4) is 0 Å². The Morgan fingerprint density at radius 3 is 2.64 bits per heavy atom. The molecule has 2 rings (SSSR count). The minimum atomic E-state index is -0.561. The molecule has 114 valence electrons. The molecule has 0 bridgehead atoms. The van der Waals surface area contributed by atoms with E-state index in [9.17, 15) is 14.9 Å². The molecule has 8 heteroatoms. The van der Waals surface area contributed by atoms with Crippen LogP contribution in [0.25, 0.3) is 0 Å². The van der Waals surface area contributed by atoms with Crippen LogP contribution in [-0.2, 0) is 11.3 Å². The van der Waals surface area contributed by atoms with Gasteiger partial charge in [-0.1, -0.05) is 23.7 Å². The third kappa shape index (κ3) is 3.70. The molecule has 22 heavy (non-hydrogen) atoms. The Balaban J connectivity index is 2.04. The Bertz CT molecular complexity index is 704.